The number of hydrogen-bond donors (Lipinski definition) is 0. The molecule has 0 unspecified atom stereocenters. The Labute approximate surface area is 205 Å². The van der Waals surface area contributed by atoms with E-state index >= 15 is 0 Å². The standard InChI is InChI=1S/C33H26N2/c1-33(2,3)28-20-22(19-21-11-4-5-12-23(21)28)32-34-29-17-10-16-27-25-14-7-6-13-24(25)26-15-8-9-18-30(26)35(32)31(27)29/h4-20H,1-3H3. The maximum Gasteiger partial charge on any atom is 0.145 e. The van der Waals surface area contributed by atoms with E-state index in [1.165, 1.54) is 49.8 Å². The molecule has 0 atom stereocenters. The first kappa shape index (κ1) is 20.2. The number of benzene rings is 5. The van der Waals surface area contributed by atoms with Crippen molar-refractivity contribution in [3.63, 3.8) is 0 Å². The molecule has 6 aromatic rings. The SMILES string of the molecule is CC(C)(C)c1cc(-c2nc3cccc4c3n2-c2ccccc2-c2ccccc2-4)cc2ccccc12. The van der Waals surface area contributed by atoms with Crippen molar-refractivity contribution < 1.29 is 0 Å². The zero-order chi connectivity index (χ0) is 23.7. The summed E-state index contributed by atoms with van der Waals surface area (Å²) >= 11 is 0. The predicted octanol–water partition coefficient (Wildman–Crippen LogP) is 8.79. The van der Waals surface area contributed by atoms with Crippen LogP contribution in [0.4, 0.5) is 0 Å². The van der Waals surface area contributed by atoms with Gasteiger partial charge in [-0.3, -0.25) is 4.57 Å². The Kier molecular flexibility index (Phi) is 4.14. The lowest BCUT2D eigenvalue weighted by Gasteiger charge is -2.23. The summed E-state index contributed by atoms with van der Waals surface area (Å²) in [6, 6.07) is 37.3. The predicted molar refractivity (Wildman–Crippen MR) is 147 cm³/mol. The highest BCUT2D eigenvalue weighted by Crippen LogP contribution is 2.45. The monoisotopic (exact) mass is 450 g/mol. The van der Waals surface area contributed by atoms with Crippen LogP contribution in [0.15, 0.2) is 103 Å². The van der Waals surface area contributed by atoms with Crippen LogP contribution < -0.4 is 0 Å². The molecule has 35 heavy (non-hydrogen) atoms. The fourth-order valence-electron chi connectivity index (χ4n) is 5.68. The third-order valence-electron chi connectivity index (χ3n) is 7.26. The van der Waals surface area contributed by atoms with E-state index in [0.717, 1.165) is 16.9 Å². The van der Waals surface area contributed by atoms with E-state index in [-0.39, 0.29) is 5.41 Å². The topological polar surface area (TPSA) is 17.8 Å². The van der Waals surface area contributed by atoms with Crippen LogP contribution in [-0.2, 0) is 5.41 Å². The Morgan fingerprint density at radius 1 is 0.629 bits per heavy atom. The molecule has 0 spiro atoms. The van der Waals surface area contributed by atoms with Crippen molar-refractivity contribution in [2.75, 3.05) is 0 Å². The Morgan fingerprint density at radius 3 is 2.09 bits per heavy atom. The molecular weight excluding hydrogens is 424 g/mol. The molecule has 2 heteroatoms. The van der Waals surface area contributed by atoms with Crippen LogP contribution in [0.2, 0.25) is 0 Å². The summed E-state index contributed by atoms with van der Waals surface area (Å²) in [6.45, 7) is 6.87. The number of para-hydroxylation sites is 2. The molecule has 0 amide bonds. The number of imidazole rings is 1. The first-order valence-electron chi connectivity index (χ1n) is 12.2. The van der Waals surface area contributed by atoms with E-state index in [1.54, 1.807) is 0 Å². The molecule has 0 saturated heterocycles. The summed E-state index contributed by atoms with van der Waals surface area (Å²) in [5.74, 6) is 0.990. The van der Waals surface area contributed by atoms with Crippen molar-refractivity contribution in [1.82, 2.24) is 9.55 Å². The Morgan fingerprint density at radius 2 is 1.29 bits per heavy atom. The number of hydrogen-bond acceptors (Lipinski definition) is 1. The summed E-state index contributed by atoms with van der Waals surface area (Å²) in [6.07, 6.45) is 0. The van der Waals surface area contributed by atoms with Crippen LogP contribution in [0, 0.1) is 0 Å². The van der Waals surface area contributed by atoms with Gasteiger partial charge in [-0.15, -0.1) is 0 Å². The minimum atomic E-state index is 0.0136. The van der Waals surface area contributed by atoms with Gasteiger partial charge in [-0.2, -0.15) is 0 Å². The summed E-state index contributed by atoms with van der Waals surface area (Å²) in [4.78, 5) is 5.26. The third-order valence-corrected chi connectivity index (χ3v) is 7.26. The zero-order valence-corrected chi connectivity index (χ0v) is 20.2. The van der Waals surface area contributed by atoms with Crippen LogP contribution in [0.3, 0.4) is 0 Å². The van der Waals surface area contributed by atoms with Crippen LogP contribution in [0.25, 0.3) is 61.1 Å². The van der Waals surface area contributed by atoms with E-state index in [2.05, 4.69) is 128 Å². The number of aromatic nitrogens is 2. The molecule has 5 aromatic carbocycles. The van der Waals surface area contributed by atoms with Crippen molar-refractivity contribution in [3.8, 4) is 39.3 Å². The molecule has 0 radical (unpaired) electrons. The molecule has 7 rings (SSSR count). The summed E-state index contributed by atoms with van der Waals surface area (Å²) in [5, 5.41) is 2.56. The molecule has 0 bridgehead atoms. The van der Waals surface area contributed by atoms with Crippen molar-refractivity contribution in [2.45, 2.75) is 26.2 Å². The second-order valence-electron chi connectivity index (χ2n) is 10.5. The zero-order valence-electron chi connectivity index (χ0n) is 20.2. The van der Waals surface area contributed by atoms with Crippen LogP contribution >= 0.6 is 0 Å². The molecular formula is C33H26N2. The van der Waals surface area contributed by atoms with Gasteiger partial charge in [-0.25, -0.2) is 4.98 Å². The second kappa shape index (κ2) is 7.16. The van der Waals surface area contributed by atoms with Crippen molar-refractivity contribution in [3.05, 3.63) is 109 Å². The summed E-state index contributed by atoms with van der Waals surface area (Å²) < 4.78 is 2.39. The van der Waals surface area contributed by atoms with Crippen LogP contribution in [0.1, 0.15) is 26.3 Å². The Balaban J connectivity index is 1.64. The van der Waals surface area contributed by atoms with Gasteiger partial charge in [0.25, 0.3) is 0 Å². The number of fused-ring (bicyclic) bond motifs is 6. The van der Waals surface area contributed by atoms with Crippen molar-refractivity contribution in [1.29, 1.82) is 0 Å². The first-order valence-corrected chi connectivity index (χ1v) is 12.2. The number of rotatable bonds is 1. The molecule has 2 nitrogen and oxygen atoms in total. The smallest absolute Gasteiger partial charge is 0.145 e. The molecule has 1 aromatic heterocycles. The van der Waals surface area contributed by atoms with Crippen LogP contribution in [-0.4, -0.2) is 9.55 Å². The molecule has 0 aliphatic carbocycles. The maximum atomic E-state index is 5.26. The van der Waals surface area contributed by atoms with E-state index < -0.39 is 0 Å². The highest BCUT2D eigenvalue weighted by atomic mass is 15.1. The van der Waals surface area contributed by atoms with Gasteiger partial charge in [0.1, 0.15) is 5.82 Å². The highest BCUT2D eigenvalue weighted by molar-refractivity contribution is 6.04. The van der Waals surface area contributed by atoms with E-state index in [9.17, 15) is 0 Å². The molecule has 1 aliphatic heterocycles. The fourth-order valence-corrected chi connectivity index (χ4v) is 5.68. The second-order valence-corrected chi connectivity index (χ2v) is 10.5. The summed E-state index contributed by atoms with van der Waals surface area (Å²) in [5.41, 5.74) is 10.9. The quantitative estimate of drug-likeness (QED) is 0.244. The largest absolute Gasteiger partial charge is 0.291 e. The average Bonchev–Trinajstić information content (AvgIpc) is 3.21. The van der Waals surface area contributed by atoms with Gasteiger partial charge in [0.05, 0.1) is 16.7 Å². The number of nitrogens with zero attached hydrogens (tertiary/aromatic N) is 2. The lowest BCUT2D eigenvalue weighted by Crippen LogP contribution is -2.12. The van der Waals surface area contributed by atoms with E-state index in [4.69, 9.17) is 4.98 Å². The Bertz CT molecular complexity index is 1780. The van der Waals surface area contributed by atoms with Crippen molar-refractivity contribution >= 4 is 21.8 Å². The van der Waals surface area contributed by atoms with Gasteiger partial charge in [0.2, 0.25) is 0 Å². The minimum Gasteiger partial charge on any atom is -0.291 e. The summed E-state index contributed by atoms with van der Waals surface area (Å²) in [7, 11) is 0. The third kappa shape index (κ3) is 2.93. The van der Waals surface area contributed by atoms with Gasteiger partial charge in [-0.1, -0.05) is 99.6 Å². The van der Waals surface area contributed by atoms with E-state index in [1.807, 2.05) is 0 Å². The lowest BCUT2D eigenvalue weighted by molar-refractivity contribution is 0.596. The molecule has 168 valence electrons. The molecule has 2 heterocycles. The van der Waals surface area contributed by atoms with E-state index in [0.29, 0.717) is 0 Å². The molecule has 0 N–H and O–H groups in total. The molecule has 0 fully saturated rings. The van der Waals surface area contributed by atoms with Crippen LogP contribution in [0.5, 0.6) is 0 Å². The fraction of sp³-hybridized carbons (Fsp3) is 0.121. The van der Waals surface area contributed by atoms with Gasteiger partial charge < -0.3 is 0 Å². The Hall–Kier alpha value is -4.17. The molecule has 0 saturated carbocycles. The lowest BCUT2D eigenvalue weighted by atomic mass is 9.82. The van der Waals surface area contributed by atoms with Gasteiger partial charge in [0.15, 0.2) is 0 Å². The normalized spacial score (nSPS) is 12.4. The van der Waals surface area contributed by atoms with Gasteiger partial charge in [-0.05, 0) is 57.1 Å². The van der Waals surface area contributed by atoms with Crippen molar-refractivity contribution in [2.24, 2.45) is 0 Å². The minimum absolute atomic E-state index is 0.0136. The van der Waals surface area contributed by atoms with Gasteiger partial charge >= 0.3 is 0 Å². The first-order chi connectivity index (χ1) is 17.0. The van der Waals surface area contributed by atoms with Gasteiger partial charge in [0, 0.05) is 16.7 Å². The maximum absolute atomic E-state index is 5.26. The highest BCUT2D eigenvalue weighted by Gasteiger charge is 2.26. The molecule has 1 aliphatic rings. The average molecular weight is 451 g/mol.